The minimum atomic E-state index is 0.559. The van der Waals surface area contributed by atoms with Gasteiger partial charge < -0.3 is 14.3 Å². The van der Waals surface area contributed by atoms with Gasteiger partial charge in [-0.05, 0) is 30.2 Å². The molecule has 3 heterocycles. The first-order valence-electron chi connectivity index (χ1n) is 7.78. The maximum Gasteiger partial charge on any atom is 0.165 e. The molecular weight excluding hydrogens is 302 g/mol. The molecule has 0 amide bonds. The van der Waals surface area contributed by atoms with Gasteiger partial charge in [-0.2, -0.15) is 0 Å². The molecule has 0 fully saturated rings. The second kappa shape index (κ2) is 6.16. The summed E-state index contributed by atoms with van der Waals surface area (Å²) >= 11 is 0. The first-order chi connectivity index (χ1) is 11.8. The predicted octanol–water partition coefficient (Wildman–Crippen LogP) is 3.34. The van der Waals surface area contributed by atoms with Crippen LogP contribution in [0.15, 0.2) is 59.7 Å². The van der Waals surface area contributed by atoms with Crippen LogP contribution < -0.4 is 5.32 Å². The van der Waals surface area contributed by atoms with E-state index < -0.39 is 0 Å². The Morgan fingerprint density at radius 2 is 2.00 bits per heavy atom. The van der Waals surface area contributed by atoms with E-state index in [1.807, 2.05) is 28.8 Å². The topological polar surface area (TPSA) is 68.8 Å². The van der Waals surface area contributed by atoms with Gasteiger partial charge in [-0.3, -0.25) is 0 Å². The Bertz CT molecular complexity index is 913. The van der Waals surface area contributed by atoms with Crippen LogP contribution in [0.2, 0.25) is 0 Å². The van der Waals surface area contributed by atoms with Gasteiger partial charge in [-0.25, -0.2) is 15.0 Å². The maximum atomic E-state index is 5.33. The molecule has 0 unspecified atom stereocenters. The van der Waals surface area contributed by atoms with Crippen LogP contribution in [0.4, 0.5) is 5.82 Å². The van der Waals surface area contributed by atoms with Crippen molar-refractivity contribution in [1.82, 2.24) is 19.5 Å². The second-order valence-electron chi connectivity index (χ2n) is 5.63. The number of nitrogens with zero attached hydrogens (tertiary/aromatic N) is 4. The third-order valence-corrected chi connectivity index (χ3v) is 4.01. The van der Waals surface area contributed by atoms with E-state index in [0.717, 1.165) is 17.3 Å². The summed E-state index contributed by atoms with van der Waals surface area (Å²) < 4.78 is 7.35. The van der Waals surface area contributed by atoms with Crippen molar-refractivity contribution in [2.75, 3.05) is 5.32 Å². The van der Waals surface area contributed by atoms with E-state index in [2.05, 4.69) is 39.3 Å². The van der Waals surface area contributed by atoms with Crippen molar-refractivity contribution in [3.05, 3.63) is 72.2 Å². The minimum Gasteiger partial charge on any atom is -0.467 e. The number of aromatic nitrogens is 4. The second-order valence-corrected chi connectivity index (χ2v) is 5.63. The van der Waals surface area contributed by atoms with Gasteiger partial charge >= 0.3 is 0 Å². The number of anilines is 1. The number of rotatable bonds is 5. The van der Waals surface area contributed by atoms with Gasteiger partial charge in [0.1, 0.15) is 12.1 Å². The summed E-state index contributed by atoms with van der Waals surface area (Å²) in [6.07, 6.45) is 5.02. The van der Waals surface area contributed by atoms with Crippen molar-refractivity contribution < 1.29 is 4.42 Å². The van der Waals surface area contributed by atoms with Gasteiger partial charge in [-0.15, -0.1) is 0 Å². The SMILES string of the molecule is Cc1ccccc1Cn1cnc(NCc2ccco2)c2ncnc1-2. The highest BCUT2D eigenvalue weighted by molar-refractivity contribution is 5.66. The first kappa shape index (κ1) is 14.4. The molecule has 0 bridgehead atoms. The highest BCUT2D eigenvalue weighted by atomic mass is 16.3. The lowest BCUT2D eigenvalue weighted by atomic mass is 10.1. The lowest BCUT2D eigenvalue weighted by molar-refractivity contribution is 0.517. The zero-order chi connectivity index (χ0) is 16.4. The Morgan fingerprint density at radius 1 is 1.08 bits per heavy atom. The largest absolute Gasteiger partial charge is 0.467 e. The molecule has 0 aliphatic carbocycles. The molecular formula is C18H17N5O. The highest BCUT2D eigenvalue weighted by Crippen LogP contribution is 2.25. The van der Waals surface area contributed by atoms with E-state index in [1.54, 1.807) is 18.9 Å². The van der Waals surface area contributed by atoms with Crippen LogP contribution in [0.25, 0.3) is 11.5 Å². The van der Waals surface area contributed by atoms with Crippen LogP contribution in [0.5, 0.6) is 0 Å². The summed E-state index contributed by atoms with van der Waals surface area (Å²) in [6, 6.07) is 12.1. The standard InChI is InChI=1S/C18H17N5O/c1-13-5-2-3-6-14(13)10-23-12-22-17(16-18(23)21-11-20-16)19-9-15-7-4-8-24-15/h2-8,11-12,19H,9-10H2,1H3. The number of benzene rings is 1. The molecule has 1 N–H and O–H groups in total. The quantitative estimate of drug-likeness (QED) is 0.611. The molecule has 2 aliphatic rings. The van der Waals surface area contributed by atoms with Crippen LogP contribution in [0, 0.1) is 6.92 Å². The van der Waals surface area contributed by atoms with Gasteiger partial charge in [-0.1, -0.05) is 24.3 Å². The van der Waals surface area contributed by atoms with Crippen LogP contribution >= 0.6 is 0 Å². The molecule has 1 aromatic heterocycles. The lowest BCUT2D eigenvalue weighted by Crippen LogP contribution is -2.11. The fourth-order valence-corrected chi connectivity index (χ4v) is 2.68. The smallest absolute Gasteiger partial charge is 0.165 e. The van der Waals surface area contributed by atoms with Crippen LogP contribution in [-0.4, -0.2) is 19.5 Å². The van der Waals surface area contributed by atoms with Crippen molar-refractivity contribution in [3.8, 4) is 11.5 Å². The fourth-order valence-electron chi connectivity index (χ4n) is 2.68. The molecule has 6 heteroatoms. The zero-order valence-corrected chi connectivity index (χ0v) is 13.3. The minimum absolute atomic E-state index is 0.559. The Hall–Kier alpha value is -3.15. The first-order valence-corrected chi connectivity index (χ1v) is 7.78. The van der Waals surface area contributed by atoms with Gasteiger partial charge in [0.2, 0.25) is 0 Å². The molecule has 0 radical (unpaired) electrons. The average molecular weight is 319 g/mol. The monoisotopic (exact) mass is 319 g/mol. The summed E-state index contributed by atoms with van der Waals surface area (Å²) in [5.41, 5.74) is 3.25. The van der Waals surface area contributed by atoms with E-state index in [-0.39, 0.29) is 0 Å². The van der Waals surface area contributed by atoms with Crippen molar-refractivity contribution in [2.45, 2.75) is 20.0 Å². The Labute approximate surface area is 139 Å². The number of imidazole rings is 1. The summed E-state index contributed by atoms with van der Waals surface area (Å²) in [7, 11) is 0. The summed E-state index contributed by atoms with van der Waals surface area (Å²) in [4.78, 5) is 13.3. The lowest BCUT2D eigenvalue weighted by Gasteiger charge is -2.14. The number of fused-ring (bicyclic) bond motifs is 1. The summed E-state index contributed by atoms with van der Waals surface area (Å²) in [5, 5.41) is 3.26. The third-order valence-electron chi connectivity index (χ3n) is 4.01. The van der Waals surface area contributed by atoms with Crippen LogP contribution in [0.3, 0.4) is 0 Å². The van der Waals surface area contributed by atoms with Crippen molar-refractivity contribution >= 4 is 5.82 Å². The molecule has 24 heavy (non-hydrogen) atoms. The van der Waals surface area contributed by atoms with Gasteiger partial charge in [0.15, 0.2) is 17.3 Å². The van der Waals surface area contributed by atoms with E-state index >= 15 is 0 Å². The predicted molar refractivity (Wildman–Crippen MR) is 90.8 cm³/mol. The maximum absolute atomic E-state index is 5.33. The van der Waals surface area contributed by atoms with Crippen molar-refractivity contribution in [3.63, 3.8) is 0 Å². The average Bonchev–Trinajstić information content (AvgIpc) is 3.27. The molecule has 6 nitrogen and oxygen atoms in total. The molecule has 1 aromatic carbocycles. The molecule has 0 saturated heterocycles. The van der Waals surface area contributed by atoms with Crippen LogP contribution in [-0.2, 0) is 13.1 Å². The highest BCUT2D eigenvalue weighted by Gasteiger charge is 2.17. The fraction of sp³-hybridized carbons (Fsp3) is 0.167. The Balaban J connectivity index is 1.61. The number of hydrogen-bond acceptors (Lipinski definition) is 5. The van der Waals surface area contributed by atoms with Crippen molar-refractivity contribution in [1.29, 1.82) is 0 Å². The van der Waals surface area contributed by atoms with Gasteiger partial charge in [0.25, 0.3) is 0 Å². The molecule has 2 aliphatic heterocycles. The van der Waals surface area contributed by atoms with Gasteiger partial charge in [0, 0.05) is 0 Å². The summed E-state index contributed by atoms with van der Waals surface area (Å²) in [5.74, 6) is 2.37. The van der Waals surface area contributed by atoms with Crippen LogP contribution in [0.1, 0.15) is 16.9 Å². The number of aryl methyl sites for hydroxylation is 1. The molecule has 0 saturated carbocycles. The molecule has 0 atom stereocenters. The number of furan rings is 1. The van der Waals surface area contributed by atoms with E-state index in [4.69, 9.17) is 4.42 Å². The Kier molecular flexibility index (Phi) is 3.70. The zero-order valence-electron chi connectivity index (χ0n) is 13.3. The van der Waals surface area contributed by atoms with E-state index in [1.165, 1.54) is 11.1 Å². The summed E-state index contributed by atoms with van der Waals surface area (Å²) in [6.45, 7) is 3.38. The molecule has 0 spiro atoms. The third kappa shape index (κ3) is 2.74. The molecule has 2 aromatic rings. The molecule has 120 valence electrons. The van der Waals surface area contributed by atoms with Crippen molar-refractivity contribution in [2.24, 2.45) is 0 Å². The van der Waals surface area contributed by atoms with Gasteiger partial charge in [0.05, 0.1) is 25.7 Å². The Morgan fingerprint density at radius 3 is 2.83 bits per heavy atom. The van der Waals surface area contributed by atoms with E-state index in [9.17, 15) is 0 Å². The number of nitrogens with one attached hydrogen (secondary N) is 1. The molecule has 4 rings (SSSR count). The number of hydrogen-bond donors (Lipinski definition) is 1. The van der Waals surface area contributed by atoms with E-state index in [0.29, 0.717) is 18.9 Å². The normalized spacial score (nSPS) is 11.0.